The first kappa shape index (κ1) is 14.2. The van der Waals surface area contributed by atoms with Crippen molar-refractivity contribution in [2.45, 2.75) is 31.8 Å². The maximum absolute atomic E-state index is 12.3. The van der Waals surface area contributed by atoms with Crippen LogP contribution in [0.2, 0.25) is 0 Å². The van der Waals surface area contributed by atoms with Crippen LogP contribution in [-0.2, 0) is 0 Å². The summed E-state index contributed by atoms with van der Waals surface area (Å²) in [5, 5.41) is -1.11. The van der Waals surface area contributed by atoms with Gasteiger partial charge in [0.15, 0.2) is 0 Å². The molecule has 17 heavy (non-hydrogen) atoms. The van der Waals surface area contributed by atoms with E-state index >= 15 is 0 Å². The molecule has 0 saturated carbocycles. The molecule has 0 saturated heterocycles. The summed E-state index contributed by atoms with van der Waals surface area (Å²) in [6, 6.07) is 5.07. The fourth-order valence-corrected chi connectivity index (χ4v) is 1.86. The number of hydrogen-bond donors (Lipinski definition) is 0. The number of benzene rings is 1. The molecule has 0 spiro atoms. The zero-order chi connectivity index (χ0) is 13.1. The van der Waals surface area contributed by atoms with Crippen LogP contribution in [0.5, 0.6) is 5.75 Å². The van der Waals surface area contributed by atoms with Gasteiger partial charge in [0.25, 0.3) is 0 Å². The van der Waals surface area contributed by atoms with E-state index in [1.54, 1.807) is 32.0 Å². The normalized spacial score (nSPS) is 13.5. The van der Waals surface area contributed by atoms with Gasteiger partial charge < -0.3 is 4.74 Å². The first-order valence-corrected chi connectivity index (χ1v) is 5.71. The van der Waals surface area contributed by atoms with Crippen LogP contribution in [-0.4, -0.2) is 12.8 Å². The van der Waals surface area contributed by atoms with Gasteiger partial charge in [-0.25, -0.2) is 0 Å². The maximum atomic E-state index is 12.3. The molecule has 0 heterocycles. The monoisotopic (exact) mass is 266 g/mol. The zero-order valence-corrected chi connectivity index (χ0v) is 10.4. The second kappa shape index (κ2) is 5.63. The summed E-state index contributed by atoms with van der Waals surface area (Å²) >= 11 is 5.80. The lowest BCUT2D eigenvalue weighted by atomic mass is 10.0. The van der Waals surface area contributed by atoms with Crippen LogP contribution < -0.4 is 4.74 Å². The zero-order valence-electron chi connectivity index (χ0n) is 9.64. The highest BCUT2D eigenvalue weighted by Crippen LogP contribution is 2.38. The number of rotatable bonds is 4. The molecule has 0 aliphatic rings. The van der Waals surface area contributed by atoms with Gasteiger partial charge in [-0.15, -0.1) is 11.6 Å². The molecule has 0 amide bonds. The van der Waals surface area contributed by atoms with E-state index in [1.165, 1.54) is 0 Å². The standard InChI is InChI=1S/C12H14ClF3O/c1-3-17-11-5-4-8(2)6-9(11)10(13)7-12(14,15)16/h4-6,10H,3,7H2,1-2H3. The summed E-state index contributed by atoms with van der Waals surface area (Å²) in [4.78, 5) is 0. The molecule has 0 fully saturated rings. The third kappa shape index (κ3) is 4.46. The van der Waals surface area contributed by atoms with E-state index in [9.17, 15) is 13.2 Å². The van der Waals surface area contributed by atoms with Crippen molar-refractivity contribution in [1.29, 1.82) is 0 Å². The van der Waals surface area contributed by atoms with Gasteiger partial charge in [0, 0.05) is 5.56 Å². The van der Waals surface area contributed by atoms with Gasteiger partial charge in [-0.3, -0.25) is 0 Å². The lowest BCUT2D eigenvalue weighted by Gasteiger charge is -2.17. The third-order valence-electron chi connectivity index (χ3n) is 2.21. The highest BCUT2D eigenvalue weighted by molar-refractivity contribution is 6.21. The predicted octanol–water partition coefficient (Wildman–Crippen LogP) is 4.63. The van der Waals surface area contributed by atoms with E-state index in [1.807, 2.05) is 0 Å². The average Bonchev–Trinajstić information content (AvgIpc) is 2.18. The number of aryl methyl sites for hydroxylation is 1. The molecule has 0 aliphatic carbocycles. The number of alkyl halides is 4. The number of ether oxygens (including phenoxy) is 1. The van der Waals surface area contributed by atoms with Gasteiger partial charge in [-0.2, -0.15) is 13.2 Å². The van der Waals surface area contributed by atoms with Crippen LogP contribution in [0.15, 0.2) is 18.2 Å². The van der Waals surface area contributed by atoms with Crippen molar-refractivity contribution >= 4 is 11.6 Å². The molecule has 1 aromatic rings. The quantitative estimate of drug-likeness (QED) is 0.722. The van der Waals surface area contributed by atoms with E-state index in [0.29, 0.717) is 17.9 Å². The van der Waals surface area contributed by atoms with E-state index in [4.69, 9.17) is 16.3 Å². The van der Waals surface area contributed by atoms with Crippen molar-refractivity contribution in [3.8, 4) is 5.75 Å². The molecule has 1 nitrogen and oxygen atoms in total. The van der Waals surface area contributed by atoms with Gasteiger partial charge in [0.1, 0.15) is 5.75 Å². The fraction of sp³-hybridized carbons (Fsp3) is 0.500. The topological polar surface area (TPSA) is 9.23 Å². The Morgan fingerprint density at radius 2 is 2.00 bits per heavy atom. The summed E-state index contributed by atoms with van der Waals surface area (Å²) in [6.07, 6.45) is -5.34. The Morgan fingerprint density at radius 3 is 2.53 bits per heavy atom. The summed E-state index contributed by atoms with van der Waals surface area (Å²) in [6.45, 7) is 3.97. The molecular formula is C12H14ClF3O. The average molecular weight is 267 g/mol. The van der Waals surface area contributed by atoms with Crippen LogP contribution in [0.1, 0.15) is 29.8 Å². The Bertz CT molecular complexity index is 377. The maximum Gasteiger partial charge on any atom is 0.390 e. The molecule has 1 aromatic carbocycles. The fourth-order valence-electron chi connectivity index (χ4n) is 1.51. The van der Waals surface area contributed by atoms with Gasteiger partial charge in [0.05, 0.1) is 18.4 Å². The Kier molecular flexibility index (Phi) is 4.69. The Balaban J connectivity index is 2.97. The molecule has 0 bridgehead atoms. The Labute approximate surface area is 104 Å². The third-order valence-corrected chi connectivity index (χ3v) is 2.60. The van der Waals surface area contributed by atoms with Crippen molar-refractivity contribution in [2.75, 3.05) is 6.61 Å². The van der Waals surface area contributed by atoms with E-state index in [-0.39, 0.29) is 0 Å². The first-order valence-electron chi connectivity index (χ1n) is 5.27. The second-order valence-electron chi connectivity index (χ2n) is 3.76. The van der Waals surface area contributed by atoms with E-state index < -0.39 is 18.0 Å². The predicted molar refractivity (Wildman–Crippen MR) is 61.6 cm³/mol. The highest BCUT2D eigenvalue weighted by atomic mass is 35.5. The molecule has 0 aromatic heterocycles. The molecule has 0 radical (unpaired) electrons. The van der Waals surface area contributed by atoms with Gasteiger partial charge in [-0.05, 0) is 19.9 Å². The Morgan fingerprint density at radius 1 is 1.35 bits per heavy atom. The molecule has 1 unspecified atom stereocenters. The minimum Gasteiger partial charge on any atom is -0.494 e. The van der Waals surface area contributed by atoms with Crippen molar-refractivity contribution in [2.24, 2.45) is 0 Å². The summed E-state index contributed by atoms with van der Waals surface area (Å²) < 4.78 is 42.1. The summed E-state index contributed by atoms with van der Waals surface area (Å²) in [5.41, 5.74) is 1.25. The molecule has 1 rings (SSSR count). The SMILES string of the molecule is CCOc1ccc(C)cc1C(Cl)CC(F)(F)F. The van der Waals surface area contributed by atoms with Crippen LogP contribution in [0, 0.1) is 6.92 Å². The van der Waals surface area contributed by atoms with Crippen molar-refractivity contribution in [3.63, 3.8) is 0 Å². The molecule has 1 atom stereocenters. The molecule has 0 N–H and O–H groups in total. The largest absolute Gasteiger partial charge is 0.494 e. The van der Waals surface area contributed by atoms with Crippen LogP contribution in [0.25, 0.3) is 0 Å². The van der Waals surface area contributed by atoms with Crippen LogP contribution in [0.3, 0.4) is 0 Å². The van der Waals surface area contributed by atoms with E-state index in [2.05, 4.69) is 0 Å². The smallest absolute Gasteiger partial charge is 0.390 e. The van der Waals surface area contributed by atoms with Gasteiger partial charge in [0.2, 0.25) is 0 Å². The number of halogens is 4. The van der Waals surface area contributed by atoms with Crippen molar-refractivity contribution in [3.05, 3.63) is 29.3 Å². The number of hydrogen-bond acceptors (Lipinski definition) is 1. The van der Waals surface area contributed by atoms with Crippen LogP contribution in [0.4, 0.5) is 13.2 Å². The minimum absolute atomic E-state index is 0.394. The van der Waals surface area contributed by atoms with E-state index in [0.717, 1.165) is 5.56 Å². The van der Waals surface area contributed by atoms with Crippen molar-refractivity contribution in [1.82, 2.24) is 0 Å². The lowest BCUT2D eigenvalue weighted by Crippen LogP contribution is -2.11. The molecule has 5 heteroatoms. The minimum atomic E-state index is -4.28. The lowest BCUT2D eigenvalue weighted by molar-refractivity contribution is -0.134. The summed E-state index contributed by atoms with van der Waals surface area (Å²) in [7, 11) is 0. The molecule has 96 valence electrons. The summed E-state index contributed by atoms with van der Waals surface area (Å²) in [5.74, 6) is 0.419. The Hall–Kier alpha value is -0.900. The first-order chi connectivity index (χ1) is 7.83. The van der Waals surface area contributed by atoms with Gasteiger partial charge in [-0.1, -0.05) is 17.7 Å². The molecular weight excluding hydrogens is 253 g/mol. The molecule has 0 aliphatic heterocycles. The van der Waals surface area contributed by atoms with Crippen LogP contribution >= 0.6 is 11.6 Å². The van der Waals surface area contributed by atoms with Crippen molar-refractivity contribution < 1.29 is 17.9 Å². The van der Waals surface area contributed by atoms with Gasteiger partial charge >= 0.3 is 6.18 Å². The highest BCUT2D eigenvalue weighted by Gasteiger charge is 2.32. The second-order valence-corrected chi connectivity index (χ2v) is 4.29.